The number of methoxy groups -OCH3 is 2. The van der Waals surface area contributed by atoms with Crippen molar-refractivity contribution in [2.75, 3.05) is 32.8 Å². The molecule has 1 unspecified atom stereocenters. The van der Waals surface area contributed by atoms with Gasteiger partial charge in [0.15, 0.2) is 23.1 Å². The van der Waals surface area contributed by atoms with Crippen LogP contribution < -0.4 is 18.9 Å². The zero-order chi connectivity index (χ0) is 74.7. The van der Waals surface area contributed by atoms with Crippen LogP contribution in [0.2, 0.25) is 0 Å². The number of hydrogen-bond acceptors (Lipinski definition) is 13. The molecule has 0 aliphatic carbocycles. The van der Waals surface area contributed by atoms with E-state index >= 15 is 0 Å². The quantitative estimate of drug-likeness (QED) is 0.0145. The van der Waals surface area contributed by atoms with Crippen molar-refractivity contribution in [2.45, 2.75) is 93.9 Å². The Morgan fingerprint density at radius 3 is 0.950 bits per heavy atom. The Labute approximate surface area is 630 Å². The zero-order valence-corrected chi connectivity index (χ0v) is 65.1. The molecule has 1 fully saturated rings. The number of benzene rings is 8. The third-order valence-corrected chi connectivity index (χ3v) is 14.6. The van der Waals surface area contributed by atoms with Crippen molar-refractivity contribution in [3.8, 4) is 28.7 Å². The Bertz CT molecular complexity index is 3770. The summed E-state index contributed by atoms with van der Waals surface area (Å²) in [6.07, 6.45) is 3.96. The molecule has 9 rings (SSSR count). The minimum Gasteiger partial charge on any atom is -0.508 e. The third kappa shape index (κ3) is 38.2. The summed E-state index contributed by atoms with van der Waals surface area (Å²) in [6.45, 7) is 23.8. The molecule has 0 amide bonds. The number of alkyl halides is 2. The molecule has 13 nitrogen and oxygen atoms in total. The number of allylic oxidation sites excluding steroid dienone is 1. The van der Waals surface area contributed by atoms with E-state index in [4.69, 9.17) is 63.6 Å². The van der Waals surface area contributed by atoms with Crippen LogP contribution >= 0.6 is 82.1 Å². The number of aryl methyl sites for hydroxylation is 3. The summed E-state index contributed by atoms with van der Waals surface area (Å²) < 4.78 is 25.9. The van der Waals surface area contributed by atoms with Gasteiger partial charge in [-0.2, -0.15) is 0 Å². The van der Waals surface area contributed by atoms with Crippen LogP contribution in [0.4, 0.5) is 0 Å². The summed E-state index contributed by atoms with van der Waals surface area (Å²) >= 11 is 23.7. The molecule has 0 bridgehead atoms. The van der Waals surface area contributed by atoms with E-state index in [0.717, 1.165) is 74.8 Å². The number of rotatable bonds is 20. The van der Waals surface area contributed by atoms with E-state index < -0.39 is 11.2 Å². The Hall–Kier alpha value is -7.74. The van der Waals surface area contributed by atoms with Gasteiger partial charge in [-0.05, 0) is 160 Å². The maximum atomic E-state index is 12.3. The summed E-state index contributed by atoms with van der Waals surface area (Å²) in [6, 6.07) is 58.1. The van der Waals surface area contributed by atoms with Crippen LogP contribution in [-0.2, 0) is 44.8 Å². The Balaban J connectivity index is 0.000000420. The number of carbonyl (C=O) groups excluding carboxylic acids is 7. The Kier molecular flexibility index (Phi) is 43.9. The van der Waals surface area contributed by atoms with Gasteiger partial charge in [-0.15, -0.1) is 70.5 Å². The number of halogens is 6. The van der Waals surface area contributed by atoms with Crippen LogP contribution in [0.25, 0.3) is 0 Å². The van der Waals surface area contributed by atoms with Crippen molar-refractivity contribution in [1.82, 2.24) is 0 Å². The average Bonchev–Trinajstić information content (AvgIpc) is 0.891. The summed E-state index contributed by atoms with van der Waals surface area (Å²) in [5, 5.41) is 8.88. The van der Waals surface area contributed by atoms with Gasteiger partial charge in [0, 0.05) is 72.3 Å². The number of esters is 2. The van der Waals surface area contributed by atoms with Crippen LogP contribution in [-0.4, -0.2) is 81.4 Å². The van der Waals surface area contributed by atoms with Gasteiger partial charge < -0.3 is 28.8 Å². The fourth-order valence-corrected chi connectivity index (χ4v) is 8.04. The van der Waals surface area contributed by atoms with Crippen molar-refractivity contribution in [3.63, 3.8) is 0 Å². The van der Waals surface area contributed by atoms with Gasteiger partial charge in [0.25, 0.3) is 0 Å². The van der Waals surface area contributed by atoms with Gasteiger partial charge in [0.05, 0.1) is 25.5 Å². The molecule has 1 N–H and O–H groups in total. The summed E-state index contributed by atoms with van der Waals surface area (Å²) in [4.78, 5) is 81.7. The summed E-state index contributed by atoms with van der Waals surface area (Å²) in [7, 11) is 3.22. The fraction of sp³-hybridized carbons (Fsp3) is 0.263. The molecule has 530 valence electrons. The van der Waals surface area contributed by atoms with E-state index in [1.165, 1.54) is 12.8 Å². The lowest BCUT2D eigenvalue weighted by Gasteiger charge is -2.14. The Morgan fingerprint density at radius 1 is 0.460 bits per heavy atom. The molecule has 8 aromatic rings. The van der Waals surface area contributed by atoms with Crippen molar-refractivity contribution >= 4 is 126 Å². The van der Waals surface area contributed by atoms with Crippen molar-refractivity contribution < 1.29 is 62.4 Å². The largest absolute Gasteiger partial charge is 0.508 e. The molecule has 1 aliphatic rings. The monoisotopic (exact) mass is 1610 g/mol. The first-order chi connectivity index (χ1) is 47.5. The van der Waals surface area contributed by atoms with Crippen LogP contribution in [0.1, 0.15) is 128 Å². The smallest absolute Gasteiger partial charge is 0.369 e. The van der Waals surface area contributed by atoms with Crippen LogP contribution in [0.3, 0.4) is 0 Å². The highest BCUT2D eigenvalue weighted by Crippen LogP contribution is 2.22. The normalized spacial score (nSPS) is 10.8. The molecule has 0 aromatic heterocycles. The molecule has 1 heterocycles. The first kappa shape index (κ1) is 88.4. The minimum absolute atomic E-state index is 0.0285. The van der Waals surface area contributed by atoms with Crippen LogP contribution in [0.15, 0.2) is 218 Å². The highest BCUT2D eigenvalue weighted by Gasteiger charge is 2.19. The molecule has 0 spiro atoms. The lowest BCUT2D eigenvalue weighted by Crippen LogP contribution is -2.22. The molecule has 8 aromatic carbocycles. The topological polar surface area (TPSA) is 186 Å². The van der Waals surface area contributed by atoms with Gasteiger partial charge in [-0.25, -0.2) is 4.79 Å². The standard InChI is InChI=1S/C21H24O4.C19H18O3.C16H16O2.C15H14O2.C4H5ClO.C4H8O.CH2Cl2.BBr3/c1-14(2)15(3)21(23)25-19-9-5-16(6-10-19)13-20(22)17-7-11-18(24-4)12-8-17;1-13(2)19(21)22-17-10-6-15(7-11-17)12-18(20)16-8-4-14(3)5-9-16;1-12-3-7-14(8-4-12)16(17)11-13-5-9-15(18-2)10-6-13;1-11-2-6-13(7-3-11)15(17)10-12-4-8-14(16)9-5-12;1-3(2)4(5)6;1-2-4-5-3-1;2-1-3;2-1(3)4/h5-12,14-15H,13H2,1-4H3;4-11H,1,12H2,2-3H3;3-10H,11H2,1-2H3;2-9,16H,10H2,1H3;1H2,2H3;1-4H2;1H2;. The number of hydrogen-bond donors (Lipinski definition) is 1. The van der Waals surface area contributed by atoms with E-state index in [-0.39, 0.29) is 55.2 Å². The number of Topliss-reactive ketones (excluding diaryl/α,β-unsaturated/α-hetero) is 4. The average molecular weight is 1610 g/mol. The van der Waals surface area contributed by atoms with Crippen LogP contribution in [0, 0.1) is 32.6 Å². The van der Waals surface area contributed by atoms with E-state index in [1.807, 2.05) is 151 Å². The van der Waals surface area contributed by atoms with Gasteiger partial charge in [0.1, 0.15) is 28.7 Å². The molecule has 0 radical (unpaired) electrons. The minimum atomic E-state index is -0.463. The van der Waals surface area contributed by atoms with Gasteiger partial charge in [0.2, 0.25) is 5.24 Å². The molecule has 1 atom stereocenters. The number of phenols is 1. The predicted molar refractivity (Wildman–Crippen MR) is 418 cm³/mol. The van der Waals surface area contributed by atoms with E-state index in [9.17, 15) is 33.6 Å². The summed E-state index contributed by atoms with van der Waals surface area (Å²) in [5.74, 6) is 2.39. The number of ketones is 4. The van der Waals surface area contributed by atoms with Gasteiger partial charge in [-0.3, -0.25) is 28.8 Å². The van der Waals surface area contributed by atoms with E-state index in [1.54, 1.807) is 113 Å². The van der Waals surface area contributed by atoms with Crippen molar-refractivity contribution in [2.24, 2.45) is 11.8 Å². The third-order valence-electron chi connectivity index (χ3n) is 14.2. The highest BCUT2D eigenvalue weighted by molar-refractivity contribution is 9.69. The number of carbonyl (C=O) groups is 7. The van der Waals surface area contributed by atoms with Gasteiger partial charge >= 0.3 is 15.1 Å². The van der Waals surface area contributed by atoms with Crippen molar-refractivity contribution in [1.29, 1.82) is 0 Å². The maximum absolute atomic E-state index is 12.3. The number of aromatic hydroxyl groups is 1. The number of ether oxygens (including phenoxy) is 5. The second-order valence-corrected chi connectivity index (χ2v) is 30.5. The van der Waals surface area contributed by atoms with Crippen molar-refractivity contribution in [3.05, 3.63) is 280 Å². The first-order valence-corrected chi connectivity index (χ1v) is 35.8. The molecule has 1 saturated heterocycles. The van der Waals surface area contributed by atoms with Crippen LogP contribution in [0.5, 0.6) is 28.7 Å². The SMILES string of the molecule is BrB(Br)Br.C1CCOC1.C=C(C)C(=O)Cl.C=C(C)C(=O)Oc1ccc(CC(=O)c2ccc(C)cc2)cc1.COc1ccc(C(=O)Cc2ccc(OC(=O)C(C)C(C)C)cc2)cc1.COc1ccc(CC(=O)c2ccc(C)cc2)cc1.Cc1ccc(C(=O)Cc2ccc(O)cc2)cc1.ClCCl. The summed E-state index contributed by atoms with van der Waals surface area (Å²) in [5.41, 5.74) is 10.6. The predicted octanol–water partition coefficient (Wildman–Crippen LogP) is 20.5. The Morgan fingerprint density at radius 2 is 0.710 bits per heavy atom. The highest BCUT2D eigenvalue weighted by atomic mass is 79.9. The molecule has 20 heteroatoms. The van der Waals surface area contributed by atoms with Gasteiger partial charge in [-0.1, -0.05) is 172 Å². The molecular formula is C80H87BBr3Cl3O13. The molecule has 100 heavy (non-hydrogen) atoms. The van der Waals surface area contributed by atoms with E-state index in [2.05, 4.69) is 60.4 Å². The fourth-order valence-electron chi connectivity index (χ4n) is 8.04. The lowest BCUT2D eigenvalue weighted by atomic mass is 9.98. The maximum Gasteiger partial charge on any atom is 0.369 e. The number of phenolic OH excluding ortho intramolecular Hbond substituents is 1. The zero-order valence-electron chi connectivity index (χ0n) is 58.1. The van der Waals surface area contributed by atoms with E-state index in [0.29, 0.717) is 59.5 Å². The second kappa shape index (κ2) is 49.7. The molecule has 0 saturated carbocycles. The molecule has 1 aliphatic heterocycles. The second-order valence-electron chi connectivity index (χ2n) is 22.9. The lowest BCUT2D eigenvalue weighted by molar-refractivity contribution is -0.139. The molecular weight excluding hydrogens is 1530 g/mol. The first-order valence-electron chi connectivity index (χ1n) is 31.6.